The molecular formula is C21H24BrN5O3S. The first kappa shape index (κ1) is 20.0. The number of anilines is 1. The highest BCUT2D eigenvalue weighted by atomic mass is 79.9. The molecule has 164 valence electrons. The number of aromatic nitrogens is 1. The van der Waals surface area contributed by atoms with Gasteiger partial charge in [-0.15, -0.1) is 0 Å². The first-order valence-corrected chi connectivity index (χ1v) is 13.4. The number of nitriles is 1. The molecule has 6 rings (SSSR count). The molecule has 2 aromatic heterocycles. The summed E-state index contributed by atoms with van der Waals surface area (Å²) >= 11 is 3.62. The van der Waals surface area contributed by atoms with Gasteiger partial charge in [-0.3, -0.25) is 4.90 Å². The van der Waals surface area contributed by atoms with Gasteiger partial charge in [0.15, 0.2) is 5.58 Å². The topological polar surface area (TPSA) is 102 Å². The van der Waals surface area contributed by atoms with Gasteiger partial charge in [-0.1, -0.05) is 0 Å². The van der Waals surface area contributed by atoms with Crippen LogP contribution in [0.3, 0.4) is 0 Å². The van der Waals surface area contributed by atoms with Crippen molar-refractivity contribution >= 4 is 42.7 Å². The Kier molecular flexibility index (Phi) is 4.30. The third-order valence-corrected chi connectivity index (χ3v) is 9.85. The second-order valence-corrected chi connectivity index (χ2v) is 12.2. The molecule has 8 nitrogen and oxygen atoms in total. The van der Waals surface area contributed by atoms with E-state index in [9.17, 15) is 8.42 Å². The fraction of sp³-hybridized carbons (Fsp3) is 0.619. The molecular weight excluding hydrogens is 482 g/mol. The van der Waals surface area contributed by atoms with E-state index in [1.54, 1.807) is 16.6 Å². The number of nitrogens with zero attached hydrogens (tertiary/aromatic N) is 4. The van der Waals surface area contributed by atoms with Crippen LogP contribution in [0.2, 0.25) is 0 Å². The smallest absolute Gasteiger partial charge is 0.211 e. The second-order valence-electron chi connectivity index (χ2n) is 9.49. The van der Waals surface area contributed by atoms with Crippen LogP contribution < -0.4 is 5.32 Å². The van der Waals surface area contributed by atoms with E-state index in [1.807, 2.05) is 6.07 Å². The molecule has 31 heavy (non-hydrogen) atoms. The lowest BCUT2D eigenvalue weighted by Crippen LogP contribution is -2.52. The van der Waals surface area contributed by atoms with Crippen LogP contribution in [0.4, 0.5) is 5.82 Å². The Morgan fingerprint density at radius 2 is 2.06 bits per heavy atom. The molecule has 2 saturated carbocycles. The zero-order valence-corrected chi connectivity index (χ0v) is 19.6. The molecule has 3 unspecified atom stereocenters. The Morgan fingerprint density at radius 1 is 1.29 bits per heavy atom. The number of sulfonamides is 1. The molecule has 0 aromatic carbocycles. The molecule has 10 heteroatoms. The zero-order chi connectivity index (χ0) is 21.5. The number of hydrogen-bond donors (Lipinski definition) is 1. The fourth-order valence-electron chi connectivity index (χ4n) is 6.41. The van der Waals surface area contributed by atoms with Crippen molar-refractivity contribution in [3.63, 3.8) is 0 Å². The zero-order valence-electron chi connectivity index (χ0n) is 17.2. The summed E-state index contributed by atoms with van der Waals surface area (Å²) in [5.41, 5.74) is 0.507. The van der Waals surface area contributed by atoms with Crippen LogP contribution in [0.1, 0.15) is 44.3 Å². The maximum atomic E-state index is 12.2. The van der Waals surface area contributed by atoms with Gasteiger partial charge in [0, 0.05) is 42.2 Å². The Balaban J connectivity index is 1.11. The highest BCUT2D eigenvalue weighted by molar-refractivity contribution is 9.10. The first-order valence-electron chi connectivity index (χ1n) is 10.8. The average molecular weight is 506 g/mol. The highest BCUT2D eigenvalue weighted by Gasteiger charge is 2.74. The van der Waals surface area contributed by atoms with Gasteiger partial charge in [0.25, 0.3) is 0 Å². The largest absolute Gasteiger partial charge is 0.444 e. The van der Waals surface area contributed by atoms with Gasteiger partial charge in [0.2, 0.25) is 15.8 Å². The van der Waals surface area contributed by atoms with Crippen LogP contribution in [-0.2, 0) is 10.0 Å². The maximum Gasteiger partial charge on any atom is 0.211 e. The van der Waals surface area contributed by atoms with Gasteiger partial charge < -0.3 is 9.73 Å². The lowest BCUT2D eigenvalue weighted by molar-refractivity contribution is 0.0931. The number of furan rings is 1. The Morgan fingerprint density at radius 3 is 2.74 bits per heavy atom. The van der Waals surface area contributed by atoms with Crippen LogP contribution in [0.15, 0.2) is 21.2 Å². The van der Waals surface area contributed by atoms with E-state index in [0.717, 1.165) is 54.2 Å². The van der Waals surface area contributed by atoms with Crippen LogP contribution in [-0.4, -0.2) is 65.1 Å². The van der Waals surface area contributed by atoms with E-state index < -0.39 is 10.0 Å². The molecule has 4 aliphatic rings. The molecule has 2 saturated heterocycles. The minimum absolute atomic E-state index is 0.0928. The van der Waals surface area contributed by atoms with Crippen molar-refractivity contribution in [1.82, 2.24) is 14.2 Å². The van der Waals surface area contributed by atoms with E-state index in [-0.39, 0.29) is 11.3 Å². The molecule has 2 aliphatic heterocycles. The predicted octanol–water partition coefficient (Wildman–Crippen LogP) is 3.05. The normalized spacial score (nSPS) is 35.3. The standard InChI is InChI=1S/C21H24BrN5O3S/c1-31(28,29)26-11-14-7-21(26)8-18(21)27(14)13-4-2-12(3-5-13)25-20-19(22)16-6-15(9-23)30-17(16)10-24-20/h6,10,12-14,18H,2-5,7-8,11H2,1H3,(H,24,25). The third kappa shape index (κ3) is 2.97. The summed E-state index contributed by atoms with van der Waals surface area (Å²) in [5, 5.41) is 13.5. The number of halogens is 1. The van der Waals surface area contributed by atoms with E-state index in [0.29, 0.717) is 36.3 Å². The van der Waals surface area contributed by atoms with Crippen LogP contribution in [0.5, 0.6) is 0 Å². The number of pyridine rings is 1. The highest BCUT2D eigenvalue weighted by Crippen LogP contribution is 2.62. The average Bonchev–Trinajstić information content (AvgIpc) is 3.04. The molecule has 0 radical (unpaired) electrons. The lowest BCUT2D eigenvalue weighted by Gasteiger charge is -2.41. The summed E-state index contributed by atoms with van der Waals surface area (Å²) in [6.45, 7) is 0.666. The molecule has 1 spiro atoms. The van der Waals surface area contributed by atoms with Gasteiger partial charge in [0.05, 0.1) is 22.5 Å². The molecule has 3 atom stereocenters. The van der Waals surface area contributed by atoms with Gasteiger partial charge in [-0.2, -0.15) is 9.57 Å². The number of piperazine rings is 1. The molecule has 4 fully saturated rings. The molecule has 2 aromatic rings. The molecule has 2 bridgehead atoms. The lowest BCUT2D eigenvalue weighted by atomic mass is 9.89. The van der Waals surface area contributed by atoms with E-state index in [2.05, 4.69) is 31.1 Å². The number of likely N-dealkylation sites (tertiary alicyclic amines) is 1. The van der Waals surface area contributed by atoms with Crippen molar-refractivity contribution in [2.75, 3.05) is 18.1 Å². The van der Waals surface area contributed by atoms with Gasteiger partial charge in [-0.25, -0.2) is 13.4 Å². The number of hydrogen-bond acceptors (Lipinski definition) is 7. The first-order chi connectivity index (χ1) is 14.8. The van der Waals surface area contributed by atoms with Crippen molar-refractivity contribution in [2.45, 2.75) is 68.2 Å². The van der Waals surface area contributed by atoms with E-state index in [4.69, 9.17) is 9.68 Å². The van der Waals surface area contributed by atoms with Gasteiger partial charge in [0.1, 0.15) is 11.9 Å². The number of fused-ring (bicyclic) bond motifs is 2. The van der Waals surface area contributed by atoms with Gasteiger partial charge in [-0.05, 0) is 54.5 Å². The third-order valence-electron chi connectivity index (χ3n) is 7.74. The van der Waals surface area contributed by atoms with Crippen molar-refractivity contribution in [1.29, 1.82) is 5.26 Å². The molecule has 1 N–H and O–H groups in total. The second kappa shape index (κ2) is 6.67. The SMILES string of the molecule is CS(=O)(=O)N1CC2CC13CC3N2C1CCC(Nc2ncc3oc(C#N)cc3c2Br)CC1. The number of rotatable bonds is 4. The summed E-state index contributed by atoms with van der Waals surface area (Å²) in [4.78, 5) is 7.15. The van der Waals surface area contributed by atoms with Crippen LogP contribution in [0, 0.1) is 11.3 Å². The Hall–Kier alpha value is -1.67. The molecule has 4 heterocycles. The Bertz CT molecular complexity index is 1210. The van der Waals surface area contributed by atoms with Crippen molar-refractivity contribution in [3.8, 4) is 6.07 Å². The molecule has 2 aliphatic carbocycles. The number of nitrogens with one attached hydrogen (secondary N) is 1. The number of piperidine rings is 1. The van der Waals surface area contributed by atoms with Crippen molar-refractivity contribution < 1.29 is 12.8 Å². The fourth-order valence-corrected chi connectivity index (χ4v) is 8.31. The summed E-state index contributed by atoms with van der Waals surface area (Å²) in [5.74, 6) is 1.06. The van der Waals surface area contributed by atoms with Gasteiger partial charge >= 0.3 is 0 Å². The van der Waals surface area contributed by atoms with Crippen LogP contribution in [0.25, 0.3) is 11.0 Å². The monoisotopic (exact) mass is 505 g/mol. The maximum absolute atomic E-state index is 12.2. The minimum atomic E-state index is -3.11. The predicted molar refractivity (Wildman–Crippen MR) is 119 cm³/mol. The summed E-state index contributed by atoms with van der Waals surface area (Å²) < 4.78 is 32.4. The van der Waals surface area contributed by atoms with Crippen molar-refractivity contribution in [2.24, 2.45) is 0 Å². The summed E-state index contributed by atoms with van der Waals surface area (Å²) in [6, 6.07) is 5.46. The Labute approximate surface area is 189 Å². The summed E-state index contributed by atoms with van der Waals surface area (Å²) in [7, 11) is -3.11. The van der Waals surface area contributed by atoms with E-state index in [1.165, 1.54) is 6.26 Å². The van der Waals surface area contributed by atoms with Crippen LogP contribution >= 0.6 is 15.9 Å². The summed E-state index contributed by atoms with van der Waals surface area (Å²) in [6.07, 6.45) is 9.38. The van der Waals surface area contributed by atoms with E-state index >= 15 is 0 Å². The molecule has 0 amide bonds. The minimum Gasteiger partial charge on any atom is -0.444 e. The quantitative estimate of drug-likeness (QED) is 0.680. The van der Waals surface area contributed by atoms with Crippen molar-refractivity contribution in [3.05, 3.63) is 22.5 Å².